The molecule has 1 aromatic rings. The Hall–Kier alpha value is -0.990. The van der Waals surface area contributed by atoms with Gasteiger partial charge >= 0.3 is 0 Å². The summed E-state index contributed by atoms with van der Waals surface area (Å²) in [7, 11) is 0. The van der Waals surface area contributed by atoms with Gasteiger partial charge in [-0.05, 0) is 17.7 Å². The second-order valence-electron chi connectivity index (χ2n) is 3.56. The van der Waals surface area contributed by atoms with Gasteiger partial charge in [-0.15, -0.1) is 0 Å². The van der Waals surface area contributed by atoms with Crippen LogP contribution in [-0.4, -0.2) is 35.2 Å². The Kier molecular flexibility index (Phi) is 6.75. The fraction of sp³-hybridized carbons (Fsp3) is 0.385. The van der Waals surface area contributed by atoms with Gasteiger partial charge in [0.05, 0.1) is 19.3 Å². The van der Waals surface area contributed by atoms with Crippen LogP contribution in [-0.2, 0) is 5.75 Å². The number of aliphatic hydroxyl groups excluding tert-OH is 2. The van der Waals surface area contributed by atoms with Crippen LogP contribution in [0, 0.1) is 11.8 Å². The molecule has 0 heterocycles. The molecule has 0 radical (unpaired) electrons. The molecule has 92 valence electrons. The van der Waals surface area contributed by atoms with E-state index in [1.807, 2.05) is 24.3 Å². The van der Waals surface area contributed by atoms with Crippen molar-refractivity contribution >= 4 is 11.8 Å². The molecule has 3 nitrogen and oxygen atoms in total. The van der Waals surface area contributed by atoms with Gasteiger partial charge < -0.3 is 15.9 Å². The van der Waals surface area contributed by atoms with Crippen LogP contribution in [0.3, 0.4) is 0 Å². The molecule has 1 unspecified atom stereocenters. The number of nitrogens with two attached hydrogens (primary N) is 1. The Labute approximate surface area is 106 Å². The Morgan fingerprint density at radius 2 is 2.24 bits per heavy atom. The monoisotopic (exact) mass is 251 g/mol. The lowest BCUT2D eigenvalue weighted by molar-refractivity contribution is 0.113. The molecule has 0 aromatic heterocycles. The van der Waals surface area contributed by atoms with E-state index in [1.165, 1.54) is 0 Å². The highest BCUT2D eigenvalue weighted by atomic mass is 32.2. The lowest BCUT2D eigenvalue weighted by atomic mass is 10.1. The molecule has 0 aliphatic heterocycles. The Bertz CT molecular complexity index is 398. The molecule has 0 aliphatic carbocycles. The second-order valence-corrected chi connectivity index (χ2v) is 4.59. The van der Waals surface area contributed by atoms with Gasteiger partial charge in [0.15, 0.2) is 0 Å². The van der Waals surface area contributed by atoms with E-state index in [1.54, 1.807) is 11.8 Å². The predicted octanol–water partition coefficient (Wildman–Crippen LogP) is 0.583. The van der Waals surface area contributed by atoms with E-state index in [2.05, 4.69) is 11.8 Å². The highest BCUT2D eigenvalue weighted by molar-refractivity contribution is 7.98. The molecule has 4 heteroatoms. The Balaban J connectivity index is 2.48. The fourth-order valence-electron chi connectivity index (χ4n) is 1.26. The summed E-state index contributed by atoms with van der Waals surface area (Å²) in [5, 5.41) is 17.9. The average Bonchev–Trinajstić information content (AvgIpc) is 2.36. The maximum atomic E-state index is 9.20. The van der Waals surface area contributed by atoms with Crippen LogP contribution >= 0.6 is 11.8 Å². The summed E-state index contributed by atoms with van der Waals surface area (Å²) in [5.74, 6) is 7.13. The molecule has 0 bridgehead atoms. The van der Waals surface area contributed by atoms with Crippen LogP contribution in [0.2, 0.25) is 0 Å². The Morgan fingerprint density at radius 3 is 2.94 bits per heavy atom. The molecule has 0 fully saturated rings. The minimum Gasteiger partial charge on any atom is -0.394 e. The number of rotatable bonds is 5. The zero-order chi connectivity index (χ0) is 12.5. The quantitative estimate of drug-likeness (QED) is 0.670. The zero-order valence-electron chi connectivity index (χ0n) is 9.60. The molecular weight excluding hydrogens is 234 g/mol. The second kappa shape index (κ2) is 8.15. The fourth-order valence-corrected chi connectivity index (χ4v) is 2.17. The van der Waals surface area contributed by atoms with Crippen molar-refractivity contribution in [3.63, 3.8) is 0 Å². The third kappa shape index (κ3) is 5.76. The van der Waals surface area contributed by atoms with Gasteiger partial charge in [-0.25, -0.2) is 0 Å². The van der Waals surface area contributed by atoms with Crippen molar-refractivity contribution in [1.82, 2.24) is 0 Å². The lowest BCUT2D eigenvalue weighted by Crippen LogP contribution is -2.14. The molecule has 4 N–H and O–H groups in total. The minimum absolute atomic E-state index is 0.186. The zero-order valence-corrected chi connectivity index (χ0v) is 10.4. The molecule has 17 heavy (non-hydrogen) atoms. The average molecular weight is 251 g/mol. The number of thioether (sulfide) groups is 1. The SMILES string of the molecule is NCC#Cc1cccc(CSCC(O)CO)c1. The molecule has 0 amide bonds. The van der Waals surface area contributed by atoms with Crippen molar-refractivity contribution in [2.45, 2.75) is 11.9 Å². The Morgan fingerprint density at radius 1 is 1.41 bits per heavy atom. The highest BCUT2D eigenvalue weighted by Crippen LogP contribution is 2.14. The van der Waals surface area contributed by atoms with E-state index in [0.29, 0.717) is 12.3 Å². The van der Waals surface area contributed by atoms with Crippen molar-refractivity contribution < 1.29 is 10.2 Å². The minimum atomic E-state index is -0.639. The van der Waals surface area contributed by atoms with Gasteiger partial charge in [0.2, 0.25) is 0 Å². The third-order valence-electron chi connectivity index (χ3n) is 2.05. The number of hydrogen-bond donors (Lipinski definition) is 3. The molecule has 1 aromatic carbocycles. The van der Waals surface area contributed by atoms with Crippen molar-refractivity contribution in [2.24, 2.45) is 5.73 Å². The van der Waals surface area contributed by atoms with Gasteiger partial charge in [0, 0.05) is 17.1 Å². The molecule has 0 saturated carbocycles. The van der Waals surface area contributed by atoms with Gasteiger partial charge in [0.1, 0.15) is 0 Å². The van der Waals surface area contributed by atoms with Gasteiger partial charge in [-0.3, -0.25) is 0 Å². The molecule has 0 spiro atoms. The first-order valence-electron chi connectivity index (χ1n) is 5.40. The summed E-state index contributed by atoms with van der Waals surface area (Å²) in [5.41, 5.74) is 7.43. The van der Waals surface area contributed by atoms with E-state index < -0.39 is 6.10 Å². The number of aliphatic hydroxyl groups is 2. The van der Waals surface area contributed by atoms with Crippen LogP contribution in [0.4, 0.5) is 0 Å². The van der Waals surface area contributed by atoms with Crippen LogP contribution < -0.4 is 5.73 Å². The smallest absolute Gasteiger partial charge is 0.0861 e. The summed E-state index contributed by atoms with van der Waals surface area (Å²) >= 11 is 1.59. The first-order chi connectivity index (χ1) is 8.26. The highest BCUT2D eigenvalue weighted by Gasteiger charge is 2.02. The lowest BCUT2D eigenvalue weighted by Gasteiger charge is -2.06. The number of benzene rings is 1. The normalized spacial score (nSPS) is 11.7. The molecule has 0 aliphatic rings. The van der Waals surface area contributed by atoms with Gasteiger partial charge in [-0.2, -0.15) is 11.8 Å². The van der Waals surface area contributed by atoms with Crippen LogP contribution in [0.15, 0.2) is 24.3 Å². The predicted molar refractivity (Wildman–Crippen MR) is 71.6 cm³/mol. The summed E-state index contributed by atoms with van der Waals surface area (Å²) in [6.45, 7) is 0.177. The maximum absolute atomic E-state index is 9.20. The molecule has 1 atom stereocenters. The third-order valence-corrected chi connectivity index (χ3v) is 3.21. The van der Waals surface area contributed by atoms with Crippen molar-refractivity contribution in [3.05, 3.63) is 35.4 Å². The summed E-state index contributed by atoms with van der Waals surface area (Å²) in [6, 6.07) is 7.94. The first kappa shape index (κ1) is 14.1. The standard InChI is InChI=1S/C13H17NO2S/c14-6-2-5-11-3-1-4-12(7-11)9-17-10-13(16)8-15/h1,3-4,7,13,15-16H,6,8-10,14H2. The maximum Gasteiger partial charge on any atom is 0.0861 e. The molecule has 1 rings (SSSR count). The largest absolute Gasteiger partial charge is 0.394 e. The molecule has 0 saturated heterocycles. The summed E-state index contributed by atoms with van der Waals surface area (Å²) in [6.07, 6.45) is -0.639. The van der Waals surface area contributed by atoms with E-state index in [-0.39, 0.29) is 6.61 Å². The van der Waals surface area contributed by atoms with E-state index >= 15 is 0 Å². The van der Waals surface area contributed by atoms with Crippen molar-refractivity contribution in [1.29, 1.82) is 0 Å². The van der Waals surface area contributed by atoms with E-state index in [9.17, 15) is 5.11 Å². The molecular formula is C13H17NO2S. The van der Waals surface area contributed by atoms with Crippen molar-refractivity contribution in [3.8, 4) is 11.8 Å². The van der Waals surface area contributed by atoms with E-state index in [4.69, 9.17) is 10.8 Å². The van der Waals surface area contributed by atoms with Crippen LogP contribution in [0.5, 0.6) is 0 Å². The number of hydrogen-bond acceptors (Lipinski definition) is 4. The topological polar surface area (TPSA) is 66.5 Å². The first-order valence-corrected chi connectivity index (χ1v) is 6.56. The van der Waals surface area contributed by atoms with Gasteiger partial charge in [-0.1, -0.05) is 24.0 Å². The van der Waals surface area contributed by atoms with Crippen LogP contribution in [0.25, 0.3) is 0 Å². The van der Waals surface area contributed by atoms with E-state index in [0.717, 1.165) is 16.9 Å². The van der Waals surface area contributed by atoms with Crippen LogP contribution in [0.1, 0.15) is 11.1 Å². The van der Waals surface area contributed by atoms with Crippen molar-refractivity contribution in [2.75, 3.05) is 18.9 Å². The summed E-state index contributed by atoms with van der Waals surface area (Å²) in [4.78, 5) is 0. The summed E-state index contributed by atoms with van der Waals surface area (Å²) < 4.78 is 0. The van der Waals surface area contributed by atoms with Gasteiger partial charge in [0.25, 0.3) is 0 Å².